The summed E-state index contributed by atoms with van der Waals surface area (Å²) in [6.07, 6.45) is 4.83. The highest BCUT2D eigenvalue weighted by molar-refractivity contribution is 7.00. The summed E-state index contributed by atoms with van der Waals surface area (Å²) in [6, 6.07) is 58.3. The zero-order valence-corrected chi connectivity index (χ0v) is 44.1. The summed E-state index contributed by atoms with van der Waals surface area (Å²) >= 11 is 0. The average Bonchev–Trinajstić information content (AvgIpc) is 3.83. The van der Waals surface area contributed by atoms with E-state index in [9.17, 15) is 0 Å². The van der Waals surface area contributed by atoms with Crippen LogP contribution >= 0.6 is 0 Å². The van der Waals surface area contributed by atoms with Gasteiger partial charge in [-0.05, 0) is 173 Å². The minimum Gasteiger partial charge on any atom is -0.456 e. The van der Waals surface area contributed by atoms with E-state index in [4.69, 9.17) is 4.42 Å². The van der Waals surface area contributed by atoms with Crippen molar-refractivity contribution in [2.24, 2.45) is 0 Å². The van der Waals surface area contributed by atoms with Gasteiger partial charge in [-0.2, -0.15) is 0 Å². The van der Waals surface area contributed by atoms with Gasteiger partial charge >= 0.3 is 0 Å². The largest absolute Gasteiger partial charge is 0.456 e. The van der Waals surface area contributed by atoms with Gasteiger partial charge in [-0.1, -0.05) is 146 Å². The molecule has 3 aliphatic heterocycles. The fourth-order valence-corrected chi connectivity index (χ4v) is 14.0. The van der Waals surface area contributed by atoms with E-state index in [2.05, 4.69) is 243 Å². The quantitative estimate of drug-likeness (QED) is 0.164. The molecule has 1 saturated carbocycles. The van der Waals surface area contributed by atoms with E-state index in [1.165, 1.54) is 120 Å². The Morgan fingerprint density at radius 3 is 1.88 bits per heavy atom. The first-order valence-electron chi connectivity index (χ1n) is 26.5. The molecule has 4 heterocycles. The summed E-state index contributed by atoms with van der Waals surface area (Å²) in [6.45, 7) is 26.1. The fraction of sp³-hybridized carbons (Fsp3) is 0.284. The Balaban J connectivity index is 1.14. The number of furan rings is 1. The van der Waals surface area contributed by atoms with Crippen molar-refractivity contribution >= 4 is 90.5 Å². The molecule has 2 atom stereocenters. The molecule has 13 rings (SSSR count). The molecule has 1 fully saturated rings. The summed E-state index contributed by atoms with van der Waals surface area (Å²) in [5.41, 5.74) is 26.0. The SMILES string of the molecule is Cc1cc2c3c(c1)N(c1cccc4oc5ccccc5c14)c1cc(C(C)(C)C)ccc1B3c1ccc(N3c4cc(C)cc(C)c4C4(C)CCCCC34C)cc1N2c1ccc(C(C)(C)C)cc1-c1ccccc1. The lowest BCUT2D eigenvalue weighted by Crippen LogP contribution is -2.61. The minimum absolute atomic E-state index is 0.0233. The third-order valence-electron chi connectivity index (χ3n) is 17.7. The lowest BCUT2D eigenvalue weighted by molar-refractivity contribution is 0.194. The first-order valence-corrected chi connectivity index (χ1v) is 26.5. The van der Waals surface area contributed by atoms with Gasteiger partial charge in [-0.15, -0.1) is 0 Å². The Morgan fingerprint density at radius 1 is 0.514 bits per heavy atom. The van der Waals surface area contributed by atoms with Crippen molar-refractivity contribution in [2.75, 3.05) is 14.7 Å². The van der Waals surface area contributed by atoms with E-state index in [0.717, 1.165) is 34.0 Å². The van der Waals surface area contributed by atoms with E-state index in [0.29, 0.717) is 0 Å². The highest BCUT2D eigenvalue weighted by Gasteiger charge is 2.58. The zero-order valence-electron chi connectivity index (χ0n) is 44.1. The Kier molecular flexibility index (Phi) is 9.68. The Bertz CT molecular complexity index is 3720. The summed E-state index contributed by atoms with van der Waals surface area (Å²) in [5, 5.41) is 2.26. The second-order valence-electron chi connectivity index (χ2n) is 24.3. The standard InChI is InChI=1S/C67H66BN3O/c1-41-34-43(3)62-56(35-41)71(67(11)33-18-17-32-66(62,67)10)47-28-30-51-55(40-47)69(52-31-27-45(64(4,5)6)38-49(52)44-20-13-12-14-21-44)57-36-42(2)37-58-63(57)68(51)50-29-26-46(65(7,8)9)39-54(50)70(58)53-23-19-25-60-61(53)48-22-15-16-24-59(48)72-60/h12-16,19-31,34-40H,17-18,32-33H2,1-11H3. The normalized spacial score (nSPS) is 19.1. The maximum Gasteiger partial charge on any atom is 0.252 e. The molecule has 0 amide bonds. The van der Waals surface area contributed by atoms with Crippen molar-refractivity contribution in [1.29, 1.82) is 0 Å². The number of rotatable bonds is 4. The Morgan fingerprint density at radius 2 is 1.12 bits per heavy atom. The topological polar surface area (TPSA) is 22.9 Å². The number of para-hydroxylation sites is 1. The highest BCUT2D eigenvalue weighted by atomic mass is 16.3. The van der Waals surface area contributed by atoms with Gasteiger partial charge in [-0.3, -0.25) is 0 Å². The maximum absolute atomic E-state index is 6.64. The number of nitrogens with zero attached hydrogens (tertiary/aromatic N) is 3. The summed E-state index contributed by atoms with van der Waals surface area (Å²) < 4.78 is 6.64. The number of hydrogen-bond acceptors (Lipinski definition) is 4. The van der Waals surface area contributed by atoms with Crippen molar-refractivity contribution in [1.82, 2.24) is 0 Å². The van der Waals surface area contributed by atoms with Gasteiger partial charge in [0.25, 0.3) is 6.71 Å². The predicted molar refractivity (Wildman–Crippen MR) is 308 cm³/mol. The number of benzene rings is 8. The molecular formula is C67H66BN3O. The van der Waals surface area contributed by atoms with Crippen molar-refractivity contribution < 1.29 is 4.42 Å². The maximum atomic E-state index is 6.64. The van der Waals surface area contributed by atoms with Crippen molar-refractivity contribution in [2.45, 2.75) is 124 Å². The van der Waals surface area contributed by atoms with Crippen LogP contribution in [0.15, 0.2) is 156 Å². The van der Waals surface area contributed by atoms with Gasteiger partial charge in [0.1, 0.15) is 11.2 Å². The van der Waals surface area contributed by atoms with E-state index in [1.54, 1.807) is 0 Å². The number of fused-ring (bicyclic) bond motifs is 10. The van der Waals surface area contributed by atoms with Crippen LogP contribution in [0.3, 0.4) is 0 Å². The summed E-state index contributed by atoms with van der Waals surface area (Å²) in [5.74, 6) is 0. The minimum atomic E-state index is -0.0926. The van der Waals surface area contributed by atoms with Crippen molar-refractivity contribution in [3.8, 4) is 11.1 Å². The van der Waals surface area contributed by atoms with E-state index in [-0.39, 0.29) is 28.5 Å². The van der Waals surface area contributed by atoms with Gasteiger partial charge in [-0.25, -0.2) is 0 Å². The number of aryl methyl sites for hydroxylation is 3. The van der Waals surface area contributed by atoms with Crippen LogP contribution < -0.4 is 31.1 Å². The first kappa shape index (κ1) is 44.9. The molecule has 1 aromatic heterocycles. The van der Waals surface area contributed by atoms with Crippen LogP contribution in [0.4, 0.5) is 45.5 Å². The Labute approximate surface area is 427 Å². The molecule has 9 aromatic rings. The molecule has 1 aliphatic carbocycles. The first-order chi connectivity index (χ1) is 34.4. The van der Waals surface area contributed by atoms with Gasteiger partial charge < -0.3 is 19.1 Å². The van der Waals surface area contributed by atoms with Crippen molar-refractivity contribution in [3.63, 3.8) is 0 Å². The lowest BCUT2D eigenvalue weighted by atomic mass is 9.33. The lowest BCUT2D eigenvalue weighted by Gasteiger charge is -2.51. The molecule has 0 saturated heterocycles. The molecule has 4 aliphatic rings. The summed E-state index contributed by atoms with van der Waals surface area (Å²) in [4.78, 5) is 8.05. The molecular weight excluding hydrogens is 874 g/mol. The van der Waals surface area contributed by atoms with Crippen molar-refractivity contribution in [3.05, 3.63) is 185 Å². The monoisotopic (exact) mass is 940 g/mol. The van der Waals surface area contributed by atoms with E-state index in [1.807, 2.05) is 0 Å². The molecule has 2 unspecified atom stereocenters. The zero-order chi connectivity index (χ0) is 49.8. The summed E-state index contributed by atoms with van der Waals surface area (Å²) in [7, 11) is 0. The van der Waals surface area contributed by atoms with Gasteiger partial charge in [0, 0.05) is 50.5 Å². The average molecular weight is 940 g/mol. The Hall–Kier alpha value is -6.98. The molecule has 0 N–H and O–H groups in total. The van der Waals surface area contributed by atoms with Gasteiger partial charge in [0.2, 0.25) is 0 Å². The highest BCUT2D eigenvalue weighted by Crippen LogP contribution is 2.62. The second-order valence-corrected chi connectivity index (χ2v) is 24.3. The van der Waals surface area contributed by atoms with Crippen LogP contribution in [-0.2, 0) is 16.2 Å². The van der Waals surface area contributed by atoms with Crippen LogP contribution in [0.25, 0.3) is 33.1 Å². The van der Waals surface area contributed by atoms with Crippen LogP contribution in [0.5, 0.6) is 0 Å². The molecule has 5 heteroatoms. The molecule has 358 valence electrons. The third-order valence-corrected chi connectivity index (χ3v) is 17.7. The van der Waals surface area contributed by atoms with Gasteiger partial charge in [0.05, 0.1) is 22.3 Å². The van der Waals surface area contributed by atoms with E-state index >= 15 is 0 Å². The van der Waals surface area contributed by atoms with Crippen LogP contribution in [0.1, 0.15) is 114 Å². The number of anilines is 8. The fourth-order valence-electron chi connectivity index (χ4n) is 14.0. The second kappa shape index (κ2) is 15.5. The molecule has 8 aromatic carbocycles. The molecule has 0 spiro atoms. The third kappa shape index (κ3) is 6.37. The number of hydrogen-bond donors (Lipinski definition) is 0. The molecule has 72 heavy (non-hydrogen) atoms. The predicted octanol–water partition coefficient (Wildman–Crippen LogP) is 16.6. The van der Waals surface area contributed by atoms with Crippen LogP contribution in [-0.4, -0.2) is 12.3 Å². The van der Waals surface area contributed by atoms with E-state index < -0.39 is 0 Å². The van der Waals surface area contributed by atoms with Crippen LogP contribution in [0.2, 0.25) is 0 Å². The smallest absolute Gasteiger partial charge is 0.252 e. The molecule has 4 nitrogen and oxygen atoms in total. The molecule has 0 radical (unpaired) electrons. The molecule has 0 bridgehead atoms. The van der Waals surface area contributed by atoms with Crippen LogP contribution in [0, 0.1) is 20.8 Å². The van der Waals surface area contributed by atoms with Gasteiger partial charge in [0.15, 0.2) is 0 Å².